The number of aromatic hydroxyl groups is 1. The molecule has 24 heteroatoms. The summed E-state index contributed by atoms with van der Waals surface area (Å²) in [4.78, 5) is 116. The van der Waals surface area contributed by atoms with E-state index in [9.17, 15) is 48.6 Å². The van der Waals surface area contributed by atoms with Gasteiger partial charge >= 0.3 is 0 Å². The van der Waals surface area contributed by atoms with Crippen LogP contribution in [0.4, 0.5) is 0 Å². The van der Waals surface area contributed by atoms with E-state index in [-0.39, 0.29) is 88.3 Å². The average Bonchev–Trinajstić information content (AvgIpc) is 2.19. The molecule has 470 valence electrons. The summed E-state index contributed by atoms with van der Waals surface area (Å²) in [6, 6.07) is 4.53. The van der Waals surface area contributed by atoms with Crippen LogP contribution in [0.1, 0.15) is 95.6 Å². The van der Waals surface area contributed by atoms with Crippen molar-refractivity contribution in [3.05, 3.63) is 76.9 Å². The maximum atomic E-state index is 14.9. The number of Topliss-reactive ketones (excluding diaryl/α,β-unsaturated/α-hetero) is 2. The fourth-order valence-electron chi connectivity index (χ4n) is 11.5. The van der Waals surface area contributed by atoms with Gasteiger partial charge in [-0.15, -0.1) is 0 Å². The predicted molar refractivity (Wildman–Crippen MR) is 313 cm³/mol. The van der Waals surface area contributed by atoms with E-state index in [0.29, 0.717) is 56.1 Å². The topological polar surface area (TPSA) is 318 Å². The van der Waals surface area contributed by atoms with Gasteiger partial charge in [-0.05, 0) is 113 Å². The lowest BCUT2D eigenvalue weighted by Gasteiger charge is -2.34. The molecule has 0 bridgehead atoms. The smallest absolute Gasteiger partial charge is 0.245 e. The van der Waals surface area contributed by atoms with Crippen LogP contribution in [0.3, 0.4) is 0 Å². The number of carbonyl (C=O) groups excluding carboxylic acids is 8. The van der Waals surface area contributed by atoms with E-state index < -0.39 is 95.5 Å². The third kappa shape index (κ3) is 18.6. The molecule has 8 rings (SSSR count). The molecule has 86 heavy (non-hydrogen) atoms. The molecule has 4 fully saturated rings. The van der Waals surface area contributed by atoms with Crippen molar-refractivity contribution >= 4 is 47.0 Å². The van der Waals surface area contributed by atoms with Gasteiger partial charge in [0.05, 0.1) is 85.1 Å². The van der Waals surface area contributed by atoms with Gasteiger partial charge in [0.2, 0.25) is 35.4 Å². The number of ether oxygens (including phenoxy) is 6. The maximum absolute atomic E-state index is 14.9. The Morgan fingerprint density at radius 3 is 1.73 bits per heavy atom. The number of phenolic OH excluding ortho intramolecular Hbond substituents is 1. The molecule has 24 nitrogen and oxygen atoms in total. The summed E-state index contributed by atoms with van der Waals surface area (Å²) in [5.74, 6) is -3.80. The van der Waals surface area contributed by atoms with Crippen molar-refractivity contribution in [2.75, 3.05) is 93.1 Å². The van der Waals surface area contributed by atoms with E-state index in [0.717, 1.165) is 62.5 Å². The van der Waals surface area contributed by atoms with Crippen LogP contribution < -0.4 is 41.4 Å². The molecule has 0 spiro atoms. The summed E-state index contributed by atoms with van der Waals surface area (Å²) in [5.41, 5.74) is 0.810. The number of hydrogen-bond acceptors (Lipinski definition) is 18. The number of phenols is 1. The zero-order valence-electron chi connectivity index (χ0n) is 49.9. The lowest BCUT2D eigenvalue weighted by molar-refractivity contribution is -0.136. The molecule has 9 unspecified atom stereocenters. The molecule has 2 aliphatic carbocycles. The number of ketones is 2. The molecule has 2 aromatic carbocycles. The van der Waals surface area contributed by atoms with Gasteiger partial charge in [-0.1, -0.05) is 41.5 Å². The van der Waals surface area contributed by atoms with Crippen molar-refractivity contribution in [1.29, 1.82) is 0 Å². The third-order valence-electron chi connectivity index (χ3n) is 16.8. The summed E-state index contributed by atoms with van der Waals surface area (Å²) < 4.78 is 33.6. The number of aliphatic hydroxyl groups excluding tert-OH is 1. The van der Waals surface area contributed by atoms with Crippen molar-refractivity contribution < 1.29 is 77.0 Å². The standard InChI is InChI=1S/C62H86N8O16/c1-39(63-53(73)34-69-21-24-83-25-22-69)57(77)67-49(30-43-17-20-52(82-4)51(72)31-43)59(79)66-47(28-41-13-9-6-10-14-41)56(76)62(38-86-62)32-45-33-70(23-26-84-45)35-54(74)64-50(36-71)60(80)68-48(29-42-15-18-44(81-3)19-16-42)58(78)65-46(55(75)61(2)37-85-61)27-40-11-7-5-8-12-40/h11,13,15-20,31,39,45-50,71-72H,5-10,12,14,21-30,32-38H2,1-4H3,(H,63,73)(H,64,74)(H,65,78)(H,66,79)(H,67,77)(H,68,80). The number of allylic oxidation sites excluding steroid dienone is 2. The SMILES string of the molecule is COc1ccc(CC(NC(=O)C(CO)NC(=O)CN2CCOC(CC3(C(=O)C(CC4=CCCCC4)NC(=O)C(Cc4ccc(OC)c(O)c4)NC(=O)C(C)NC(=O)CN4CCOCC4)CO3)C2)C(=O)NC(CC2=CCCCC2)C(=O)C2(C)CO2)cc1. The van der Waals surface area contributed by atoms with E-state index in [2.05, 4.69) is 44.1 Å². The Morgan fingerprint density at radius 1 is 0.628 bits per heavy atom. The van der Waals surface area contributed by atoms with E-state index in [1.54, 1.807) is 42.2 Å². The minimum absolute atomic E-state index is 0.00622. The van der Waals surface area contributed by atoms with Crippen molar-refractivity contribution in [3.63, 3.8) is 0 Å². The minimum atomic E-state index is -1.47. The second-order valence-corrected chi connectivity index (χ2v) is 23.6. The summed E-state index contributed by atoms with van der Waals surface area (Å²) >= 11 is 0. The number of carbonyl (C=O) groups is 8. The lowest BCUT2D eigenvalue weighted by atomic mass is 9.86. The molecular weight excluding hydrogens is 1110 g/mol. The highest BCUT2D eigenvalue weighted by Gasteiger charge is 2.56. The Kier molecular flexibility index (Phi) is 23.3. The number of aliphatic hydroxyl groups is 1. The van der Waals surface area contributed by atoms with Crippen molar-refractivity contribution in [2.45, 2.75) is 151 Å². The van der Waals surface area contributed by atoms with Crippen LogP contribution in [-0.4, -0.2) is 214 Å². The fourth-order valence-corrected chi connectivity index (χ4v) is 11.5. The minimum Gasteiger partial charge on any atom is -0.504 e. The first kappa shape index (κ1) is 65.2. The number of nitrogens with one attached hydrogen (secondary N) is 6. The summed E-state index contributed by atoms with van der Waals surface area (Å²) in [6.07, 6.45) is 11.2. The zero-order chi connectivity index (χ0) is 61.4. The number of amides is 6. The zero-order valence-corrected chi connectivity index (χ0v) is 49.9. The van der Waals surface area contributed by atoms with Crippen LogP contribution in [0.25, 0.3) is 0 Å². The van der Waals surface area contributed by atoms with E-state index in [4.69, 9.17) is 28.4 Å². The Bertz CT molecular complexity index is 2800. The Balaban J connectivity index is 0.905. The average molecular weight is 1200 g/mol. The number of benzene rings is 2. The van der Waals surface area contributed by atoms with Crippen LogP contribution in [0.15, 0.2) is 65.8 Å². The van der Waals surface area contributed by atoms with Crippen LogP contribution in [0, 0.1) is 0 Å². The predicted octanol–water partition coefficient (Wildman–Crippen LogP) is 1.02. The Morgan fingerprint density at radius 2 is 1.17 bits per heavy atom. The van der Waals surface area contributed by atoms with Gasteiger partial charge in [-0.25, -0.2) is 0 Å². The van der Waals surface area contributed by atoms with Crippen LogP contribution in [0.2, 0.25) is 0 Å². The number of hydrogen-bond donors (Lipinski definition) is 8. The monoisotopic (exact) mass is 1200 g/mol. The molecule has 6 aliphatic rings. The van der Waals surface area contributed by atoms with Gasteiger partial charge in [-0.3, -0.25) is 48.2 Å². The maximum Gasteiger partial charge on any atom is 0.245 e. The van der Waals surface area contributed by atoms with Crippen LogP contribution >= 0.6 is 0 Å². The molecule has 6 amide bonds. The number of nitrogens with zero attached hydrogens (tertiary/aromatic N) is 2. The molecule has 4 heterocycles. The molecule has 9 atom stereocenters. The molecule has 2 aromatic rings. The lowest BCUT2D eigenvalue weighted by Crippen LogP contribution is -2.59. The molecule has 4 aliphatic heterocycles. The van der Waals surface area contributed by atoms with E-state index >= 15 is 0 Å². The number of rotatable bonds is 31. The number of methoxy groups -OCH3 is 2. The fraction of sp³-hybridized carbons (Fsp3) is 0.613. The van der Waals surface area contributed by atoms with Gasteiger partial charge in [0.15, 0.2) is 28.7 Å². The second kappa shape index (κ2) is 30.7. The van der Waals surface area contributed by atoms with Crippen molar-refractivity contribution in [1.82, 2.24) is 41.7 Å². The largest absolute Gasteiger partial charge is 0.504 e. The highest BCUT2D eigenvalue weighted by atomic mass is 16.6. The third-order valence-corrected chi connectivity index (χ3v) is 16.8. The Hall–Kier alpha value is -6.80. The van der Waals surface area contributed by atoms with Gasteiger partial charge in [0.25, 0.3) is 0 Å². The normalized spacial score (nSPS) is 23.4. The van der Waals surface area contributed by atoms with Gasteiger partial charge in [0, 0.05) is 45.4 Å². The first-order chi connectivity index (χ1) is 41.4. The molecule has 4 saturated heterocycles. The number of morpholine rings is 2. The van der Waals surface area contributed by atoms with Gasteiger partial charge < -0.3 is 70.5 Å². The quantitative estimate of drug-likeness (QED) is 0.0386. The van der Waals surface area contributed by atoms with Crippen molar-refractivity contribution in [3.8, 4) is 17.2 Å². The van der Waals surface area contributed by atoms with E-state index in [1.807, 2.05) is 4.90 Å². The summed E-state index contributed by atoms with van der Waals surface area (Å²) in [5, 5.41) is 37.9. The first-order valence-corrected chi connectivity index (χ1v) is 30.1. The van der Waals surface area contributed by atoms with Crippen LogP contribution in [0.5, 0.6) is 17.2 Å². The molecule has 0 aromatic heterocycles. The van der Waals surface area contributed by atoms with Gasteiger partial charge in [0.1, 0.15) is 35.5 Å². The van der Waals surface area contributed by atoms with Crippen LogP contribution in [-0.2, 0) is 70.1 Å². The summed E-state index contributed by atoms with van der Waals surface area (Å²) in [7, 11) is 2.93. The molecule has 8 N–H and O–H groups in total. The Labute approximate surface area is 502 Å². The highest BCUT2D eigenvalue weighted by Crippen LogP contribution is 2.38. The summed E-state index contributed by atoms with van der Waals surface area (Å²) in [6.45, 7) is 5.31. The highest BCUT2D eigenvalue weighted by molar-refractivity contribution is 6.00. The molecule has 0 saturated carbocycles. The van der Waals surface area contributed by atoms with Crippen molar-refractivity contribution in [2.24, 2.45) is 0 Å². The molecular formula is C62H86N8O16. The first-order valence-electron chi connectivity index (χ1n) is 30.1. The van der Waals surface area contributed by atoms with Gasteiger partial charge in [-0.2, -0.15) is 0 Å². The second-order valence-electron chi connectivity index (χ2n) is 23.6. The number of epoxide rings is 2. The van der Waals surface area contributed by atoms with E-state index in [1.165, 1.54) is 33.3 Å². The molecule has 0 radical (unpaired) electrons.